The van der Waals surface area contributed by atoms with Crippen molar-refractivity contribution in [2.45, 2.75) is 25.9 Å². The van der Waals surface area contributed by atoms with Gasteiger partial charge >= 0.3 is 0 Å². The molecule has 3 nitrogen and oxygen atoms in total. The number of halogens is 1. The lowest BCUT2D eigenvalue weighted by Gasteiger charge is -2.16. The van der Waals surface area contributed by atoms with Gasteiger partial charge in [-0.15, -0.1) is 0 Å². The van der Waals surface area contributed by atoms with Gasteiger partial charge in [0.25, 0.3) is 0 Å². The molecule has 106 valence electrons. The van der Waals surface area contributed by atoms with E-state index in [1.807, 2.05) is 24.3 Å². The Morgan fingerprint density at radius 3 is 2.89 bits per heavy atom. The molecular weight excluding hydrogens is 262 g/mol. The lowest BCUT2D eigenvalue weighted by atomic mass is 10.2. The molecule has 0 aromatic heterocycles. The van der Waals surface area contributed by atoms with Gasteiger partial charge in [0.15, 0.2) is 0 Å². The normalized spacial score (nSPS) is 20.4. The van der Waals surface area contributed by atoms with Gasteiger partial charge in [-0.1, -0.05) is 18.5 Å². The van der Waals surface area contributed by atoms with Crippen LogP contribution in [-0.2, 0) is 4.74 Å². The Hall–Kier alpha value is -0.770. The minimum Gasteiger partial charge on any atom is -0.493 e. The second-order valence-corrected chi connectivity index (χ2v) is 5.60. The highest BCUT2D eigenvalue weighted by Gasteiger charge is 2.15. The van der Waals surface area contributed by atoms with Crippen LogP contribution in [0.3, 0.4) is 0 Å². The average molecular weight is 284 g/mol. The van der Waals surface area contributed by atoms with Crippen molar-refractivity contribution in [2.75, 3.05) is 26.3 Å². The maximum absolute atomic E-state index is 5.83. The van der Waals surface area contributed by atoms with E-state index in [0.29, 0.717) is 18.6 Å². The summed E-state index contributed by atoms with van der Waals surface area (Å²) in [6.07, 6.45) is 2.79. The first-order valence-electron chi connectivity index (χ1n) is 6.94. The van der Waals surface area contributed by atoms with Gasteiger partial charge in [0.2, 0.25) is 0 Å². The van der Waals surface area contributed by atoms with Crippen molar-refractivity contribution in [3.05, 3.63) is 29.3 Å². The highest BCUT2D eigenvalue weighted by atomic mass is 35.5. The van der Waals surface area contributed by atoms with E-state index < -0.39 is 0 Å². The van der Waals surface area contributed by atoms with Crippen LogP contribution >= 0.6 is 11.6 Å². The maximum Gasteiger partial charge on any atom is 0.119 e. The predicted octanol–water partition coefficient (Wildman–Crippen LogP) is 3.12. The fraction of sp³-hybridized carbons (Fsp3) is 0.600. The molecule has 1 fully saturated rings. The number of nitrogens with one attached hydrogen (secondary N) is 1. The van der Waals surface area contributed by atoms with Crippen LogP contribution in [0.15, 0.2) is 24.3 Å². The fourth-order valence-electron chi connectivity index (χ4n) is 2.12. The zero-order chi connectivity index (χ0) is 13.5. The Balaban J connectivity index is 1.58. The van der Waals surface area contributed by atoms with Crippen molar-refractivity contribution in [3.8, 4) is 5.75 Å². The van der Waals surface area contributed by atoms with E-state index in [-0.39, 0.29) is 0 Å². The third-order valence-electron chi connectivity index (χ3n) is 3.24. The van der Waals surface area contributed by atoms with Gasteiger partial charge in [-0.05, 0) is 37.1 Å². The highest BCUT2D eigenvalue weighted by molar-refractivity contribution is 6.30. The van der Waals surface area contributed by atoms with Crippen LogP contribution in [0, 0.1) is 5.92 Å². The SMILES string of the molecule is C[C@@H](CNC[C@@H]1CCCO1)COc1ccc(Cl)cc1. The van der Waals surface area contributed by atoms with Gasteiger partial charge in [-0.3, -0.25) is 0 Å². The number of rotatable bonds is 7. The Morgan fingerprint density at radius 1 is 1.42 bits per heavy atom. The van der Waals surface area contributed by atoms with Crippen molar-refractivity contribution in [1.82, 2.24) is 5.32 Å². The molecule has 0 amide bonds. The summed E-state index contributed by atoms with van der Waals surface area (Å²) >= 11 is 5.83. The Bertz CT molecular complexity index is 363. The third-order valence-corrected chi connectivity index (χ3v) is 3.49. The first-order chi connectivity index (χ1) is 9.24. The van der Waals surface area contributed by atoms with Gasteiger partial charge in [0.1, 0.15) is 5.75 Å². The topological polar surface area (TPSA) is 30.5 Å². The van der Waals surface area contributed by atoms with E-state index in [1.165, 1.54) is 12.8 Å². The predicted molar refractivity (Wildman–Crippen MR) is 78.0 cm³/mol. The van der Waals surface area contributed by atoms with E-state index in [2.05, 4.69) is 12.2 Å². The van der Waals surface area contributed by atoms with Crippen molar-refractivity contribution < 1.29 is 9.47 Å². The largest absolute Gasteiger partial charge is 0.493 e. The molecule has 0 radical (unpaired) electrons. The zero-order valence-electron chi connectivity index (χ0n) is 11.4. The molecule has 0 unspecified atom stereocenters. The molecular formula is C15H22ClNO2. The van der Waals surface area contributed by atoms with Crippen LogP contribution in [0.4, 0.5) is 0 Å². The Morgan fingerprint density at radius 2 is 2.21 bits per heavy atom. The summed E-state index contributed by atoms with van der Waals surface area (Å²) < 4.78 is 11.3. The number of benzene rings is 1. The summed E-state index contributed by atoms with van der Waals surface area (Å²) in [7, 11) is 0. The zero-order valence-corrected chi connectivity index (χ0v) is 12.2. The number of hydrogen-bond donors (Lipinski definition) is 1. The average Bonchev–Trinajstić information content (AvgIpc) is 2.91. The van der Waals surface area contributed by atoms with E-state index in [9.17, 15) is 0 Å². The molecule has 1 aromatic carbocycles. The molecule has 1 aliphatic rings. The summed E-state index contributed by atoms with van der Waals surface area (Å²) in [6.45, 7) is 5.71. The third kappa shape index (κ3) is 5.39. The van der Waals surface area contributed by atoms with Crippen LogP contribution in [0.5, 0.6) is 5.75 Å². The summed E-state index contributed by atoms with van der Waals surface area (Å²) in [5.74, 6) is 1.34. The van der Waals surface area contributed by atoms with Crippen LogP contribution in [0.1, 0.15) is 19.8 Å². The summed E-state index contributed by atoms with van der Waals surface area (Å²) in [5, 5.41) is 4.18. The van der Waals surface area contributed by atoms with Gasteiger partial charge in [-0.25, -0.2) is 0 Å². The monoisotopic (exact) mass is 283 g/mol. The fourth-order valence-corrected chi connectivity index (χ4v) is 2.25. The molecule has 19 heavy (non-hydrogen) atoms. The molecule has 0 saturated carbocycles. The van der Waals surface area contributed by atoms with Crippen LogP contribution in [0.25, 0.3) is 0 Å². The molecule has 1 N–H and O–H groups in total. The highest BCUT2D eigenvalue weighted by Crippen LogP contribution is 2.16. The number of ether oxygens (including phenoxy) is 2. The van der Waals surface area contributed by atoms with Crippen LogP contribution in [0.2, 0.25) is 5.02 Å². The lowest BCUT2D eigenvalue weighted by molar-refractivity contribution is 0.108. The lowest BCUT2D eigenvalue weighted by Crippen LogP contribution is -2.31. The van der Waals surface area contributed by atoms with Crippen molar-refractivity contribution >= 4 is 11.6 Å². The molecule has 0 spiro atoms. The van der Waals surface area contributed by atoms with Crippen LogP contribution in [-0.4, -0.2) is 32.4 Å². The van der Waals surface area contributed by atoms with E-state index in [1.54, 1.807) is 0 Å². The van der Waals surface area contributed by atoms with Gasteiger partial charge < -0.3 is 14.8 Å². The maximum atomic E-state index is 5.83. The van der Waals surface area contributed by atoms with E-state index in [4.69, 9.17) is 21.1 Å². The second-order valence-electron chi connectivity index (χ2n) is 5.16. The second kappa shape index (κ2) is 7.73. The first kappa shape index (κ1) is 14.6. The Labute approximate surface area is 120 Å². The van der Waals surface area contributed by atoms with Crippen LogP contribution < -0.4 is 10.1 Å². The smallest absolute Gasteiger partial charge is 0.119 e. The minimum atomic E-state index is 0.407. The Kier molecular flexibility index (Phi) is 5.95. The first-order valence-corrected chi connectivity index (χ1v) is 7.32. The van der Waals surface area contributed by atoms with Gasteiger partial charge in [-0.2, -0.15) is 0 Å². The molecule has 1 saturated heterocycles. The molecule has 1 heterocycles. The minimum absolute atomic E-state index is 0.407. The molecule has 1 aliphatic heterocycles. The molecule has 0 aliphatic carbocycles. The molecule has 0 bridgehead atoms. The molecule has 2 rings (SSSR count). The molecule has 4 heteroatoms. The molecule has 2 atom stereocenters. The van der Waals surface area contributed by atoms with Gasteiger partial charge in [0, 0.05) is 30.6 Å². The summed E-state index contributed by atoms with van der Waals surface area (Å²) in [4.78, 5) is 0. The number of hydrogen-bond acceptors (Lipinski definition) is 3. The standard InChI is InChI=1S/C15H22ClNO2/c1-12(9-17-10-15-3-2-8-18-15)11-19-14-6-4-13(16)5-7-14/h4-7,12,15,17H,2-3,8-11H2,1H3/t12-,15-/m0/s1. The summed E-state index contributed by atoms with van der Waals surface area (Å²) in [6, 6.07) is 7.48. The van der Waals surface area contributed by atoms with E-state index >= 15 is 0 Å². The van der Waals surface area contributed by atoms with Crippen molar-refractivity contribution in [1.29, 1.82) is 0 Å². The van der Waals surface area contributed by atoms with Crippen molar-refractivity contribution in [2.24, 2.45) is 5.92 Å². The quantitative estimate of drug-likeness (QED) is 0.834. The van der Waals surface area contributed by atoms with Gasteiger partial charge in [0.05, 0.1) is 12.7 Å². The summed E-state index contributed by atoms with van der Waals surface area (Å²) in [5.41, 5.74) is 0. The van der Waals surface area contributed by atoms with Crippen molar-refractivity contribution in [3.63, 3.8) is 0 Å². The molecule has 1 aromatic rings. The van der Waals surface area contributed by atoms with E-state index in [0.717, 1.165) is 30.5 Å².